The Hall–Kier alpha value is 0.110. The zero-order valence-electron chi connectivity index (χ0n) is 8.80. The van der Waals surface area contributed by atoms with Gasteiger partial charge in [0.25, 0.3) is 0 Å². The van der Waals surface area contributed by atoms with Crippen molar-refractivity contribution in [1.82, 2.24) is 0 Å². The normalized spacial score (nSPS) is 27.8. The Labute approximate surface area is 130 Å². The van der Waals surface area contributed by atoms with E-state index in [1.54, 1.807) is 18.2 Å². The Balaban J connectivity index is 2.56. The minimum Gasteiger partial charge on any atom is -0.368 e. The van der Waals surface area contributed by atoms with Crippen LogP contribution in [-0.4, -0.2) is 10.2 Å². The molecule has 0 aliphatic heterocycles. The lowest BCUT2D eigenvalue weighted by Crippen LogP contribution is -2.21. The first-order valence-corrected chi connectivity index (χ1v) is 6.82. The molecule has 1 aromatic rings. The van der Waals surface area contributed by atoms with Crippen molar-refractivity contribution in [1.29, 1.82) is 0 Å². The maximum absolute atomic E-state index is 9.70. The summed E-state index contributed by atoms with van der Waals surface area (Å²) < 4.78 is 0. The van der Waals surface area contributed by atoms with Crippen LogP contribution in [0.15, 0.2) is 40.4 Å². The average molecular weight is 344 g/mol. The number of rotatable bonds is 1. The fourth-order valence-corrected chi connectivity index (χ4v) is 3.59. The molecule has 6 heteroatoms. The summed E-state index contributed by atoms with van der Waals surface area (Å²) in [6, 6.07) is 5.11. The molecule has 1 N–H and O–H groups in total. The topological polar surface area (TPSA) is 20.2 Å². The number of aliphatic hydroxyl groups is 1. The van der Waals surface area contributed by atoms with Gasteiger partial charge in [0.2, 0.25) is 0 Å². The highest BCUT2D eigenvalue weighted by Crippen LogP contribution is 2.47. The second kappa shape index (κ2) is 5.24. The first-order valence-electron chi connectivity index (χ1n) is 4.93. The van der Waals surface area contributed by atoms with Gasteiger partial charge in [-0.05, 0) is 24.3 Å². The molecule has 18 heavy (non-hydrogen) atoms. The molecular formula is C12H7Cl5O. The lowest BCUT2D eigenvalue weighted by molar-refractivity contribution is 0.226. The molecule has 0 atom stereocenters. The molecule has 0 aromatic heterocycles. The molecular weight excluding hydrogens is 337 g/mol. The third kappa shape index (κ3) is 2.82. The van der Waals surface area contributed by atoms with Crippen LogP contribution in [0.5, 0.6) is 0 Å². The van der Waals surface area contributed by atoms with E-state index in [9.17, 15) is 5.11 Å². The second-order valence-corrected chi connectivity index (χ2v) is 6.15. The van der Waals surface area contributed by atoms with Gasteiger partial charge in [0.05, 0.1) is 5.92 Å². The third-order valence-corrected chi connectivity index (χ3v) is 4.05. The smallest absolute Gasteiger partial charge is 0.179 e. The molecule has 2 rings (SSSR count). The quantitative estimate of drug-likeness (QED) is 0.689. The summed E-state index contributed by atoms with van der Waals surface area (Å²) in [5.74, 6) is -0.506. The van der Waals surface area contributed by atoms with E-state index < -0.39 is 11.0 Å². The van der Waals surface area contributed by atoms with Crippen molar-refractivity contribution < 1.29 is 5.11 Å². The SMILES string of the molecule is OC1(Cl)C=C(Cl)C(c2c(Cl)cccc2Cl)C(Cl)=C1. The minimum absolute atomic E-state index is 0.273. The van der Waals surface area contributed by atoms with Crippen molar-refractivity contribution in [3.63, 3.8) is 0 Å². The minimum atomic E-state index is -1.68. The number of allylic oxidation sites excluding steroid dienone is 2. The van der Waals surface area contributed by atoms with Crippen LogP contribution in [0.25, 0.3) is 0 Å². The van der Waals surface area contributed by atoms with Gasteiger partial charge < -0.3 is 5.11 Å². The van der Waals surface area contributed by atoms with E-state index in [0.29, 0.717) is 15.6 Å². The van der Waals surface area contributed by atoms with E-state index in [1.165, 1.54) is 12.2 Å². The summed E-state index contributed by atoms with van der Waals surface area (Å²) >= 11 is 30.2. The molecule has 0 bridgehead atoms. The summed E-state index contributed by atoms with van der Waals surface area (Å²) in [6.45, 7) is 0. The second-order valence-electron chi connectivity index (χ2n) is 3.85. The zero-order valence-corrected chi connectivity index (χ0v) is 12.6. The van der Waals surface area contributed by atoms with Crippen LogP contribution in [0, 0.1) is 0 Å². The third-order valence-electron chi connectivity index (χ3n) is 2.52. The molecule has 1 aliphatic rings. The molecule has 0 spiro atoms. The maximum atomic E-state index is 9.70. The van der Waals surface area contributed by atoms with Gasteiger partial charge in [0.1, 0.15) is 0 Å². The van der Waals surface area contributed by atoms with Crippen molar-refractivity contribution in [2.45, 2.75) is 11.0 Å². The number of alkyl halides is 1. The Kier molecular flexibility index (Phi) is 4.23. The molecule has 1 aromatic carbocycles. The van der Waals surface area contributed by atoms with E-state index in [0.717, 1.165) is 0 Å². The molecule has 0 saturated heterocycles. The van der Waals surface area contributed by atoms with Crippen molar-refractivity contribution in [3.05, 3.63) is 56.0 Å². The fourth-order valence-electron chi connectivity index (χ4n) is 1.79. The molecule has 0 saturated carbocycles. The van der Waals surface area contributed by atoms with E-state index >= 15 is 0 Å². The molecule has 0 amide bonds. The fraction of sp³-hybridized carbons (Fsp3) is 0.167. The summed E-state index contributed by atoms with van der Waals surface area (Å²) in [7, 11) is 0. The van der Waals surface area contributed by atoms with Crippen LogP contribution in [0.2, 0.25) is 10.0 Å². The van der Waals surface area contributed by atoms with E-state index in [1.807, 2.05) is 0 Å². The van der Waals surface area contributed by atoms with Crippen molar-refractivity contribution in [2.24, 2.45) is 0 Å². The van der Waals surface area contributed by atoms with Gasteiger partial charge in [0.15, 0.2) is 5.06 Å². The summed E-state index contributed by atoms with van der Waals surface area (Å²) in [5.41, 5.74) is 0.593. The molecule has 0 heterocycles. The van der Waals surface area contributed by atoms with Crippen molar-refractivity contribution in [3.8, 4) is 0 Å². The summed E-state index contributed by atoms with van der Waals surface area (Å²) in [4.78, 5) is 0. The van der Waals surface area contributed by atoms with E-state index in [4.69, 9.17) is 58.0 Å². The van der Waals surface area contributed by atoms with Gasteiger partial charge in [0, 0.05) is 25.7 Å². The van der Waals surface area contributed by atoms with Crippen LogP contribution in [0.1, 0.15) is 11.5 Å². The predicted octanol–water partition coefficient (Wildman–Crippen LogP) is 5.26. The van der Waals surface area contributed by atoms with Gasteiger partial charge in [-0.15, -0.1) is 0 Å². The Bertz CT molecular complexity index is 505. The number of benzene rings is 1. The highest BCUT2D eigenvalue weighted by atomic mass is 35.5. The first-order chi connectivity index (χ1) is 8.32. The van der Waals surface area contributed by atoms with Gasteiger partial charge in [-0.25, -0.2) is 0 Å². The molecule has 96 valence electrons. The predicted molar refractivity (Wildman–Crippen MR) is 77.9 cm³/mol. The van der Waals surface area contributed by atoms with Crippen LogP contribution in [-0.2, 0) is 0 Å². The van der Waals surface area contributed by atoms with E-state index in [2.05, 4.69) is 0 Å². The lowest BCUT2D eigenvalue weighted by Gasteiger charge is -2.26. The molecule has 1 aliphatic carbocycles. The van der Waals surface area contributed by atoms with Gasteiger partial charge in [-0.1, -0.05) is 64.1 Å². The summed E-state index contributed by atoms with van der Waals surface area (Å²) in [6.07, 6.45) is 2.60. The molecule has 0 fully saturated rings. The van der Waals surface area contributed by atoms with Crippen LogP contribution in [0.3, 0.4) is 0 Å². The Morgan fingerprint density at radius 1 is 0.944 bits per heavy atom. The van der Waals surface area contributed by atoms with E-state index in [-0.39, 0.29) is 10.1 Å². The van der Waals surface area contributed by atoms with Crippen molar-refractivity contribution >= 4 is 58.0 Å². The first kappa shape index (κ1) is 14.5. The van der Waals surface area contributed by atoms with Crippen LogP contribution >= 0.6 is 58.0 Å². The van der Waals surface area contributed by atoms with Gasteiger partial charge >= 0.3 is 0 Å². The highest BCUT2D eigenvalue weighted by Gasteiger charge is 2.33. The Morgan fingerprint density at radius 2 is 1.39 bits per heavy atom. The lowest BCUT2D eigenvalue weighted by atomic mass is 9.93. The van der Waals surface area contributed by atoms with Crippen LogP contribution in [0.4, 0.5) is 0 Å². The number of hydrogen-bond acceptors (Lipinski definition) is 1. The highest BCUT2D eigenvalue weighted by molar-refractivity contribution is 6.40. The standard InChI is InChI=1S/C12H7Cl5O/c13-6-2-1-3-7(14)10(6)11-8(15)4-12(17,18)5-9(11)16/h1-5,11,18H. The zero-order chi connectivity index (χ0) is 13.5. The monoisotopic (exact) mass is 342 g/mol. The largest absolute Gasteiger partial charge is 0.368 e. The molecule has 0 radical (unpaired) electrons. The molecule has 0 unspecified atom stereocenters. The average Bonchev–Trinajstić information content (AvgIpc) is 2.19. The van der Waals surface area contributed by atoms with Crippen LogP contribution < -0.4 is 0 Å². The van der Waals surface area contributed by atoms with Gasteiger partial charge in [-0.3, -0.25) is 0 Å². The Morgan fingerprint density at radius 3 is 1.83 bits per heavy atom. The molecule has 1 nitrogen and oxygen atoms in total. The number of halogens is 5. The maximum Gasteiger partial charge on any atom is 0.179 e. The van der Waals surface area contributed by atoms with Crippen molar-refractivity contribution in [2.75, 3.05) is 0 Å². The number of hydrogen-bond donors (Lipinski definition) is 1. The van der Waals surface area contributed by atoms with Gasteiger partial charge in [-0.2, -0.15) is 0 Å². The summed E-state index contributed by atoms with van der Waals surface area (Å²) in [5, 5.41) is 9.46.